The van der Waals surface area contributed by atoms with Crippen molar-refractivity contribution in [2.24, 2.45) is 0 Å². The predicted molar refractivity (Wildman–Crippen MR) is 128 cm³/mol. The van der Waals surface area contributed by atoms with Crippen molar-refractivity contribution in [2.45, 2.75) is 18.4 Å². The van der Waals surface area contributed by atoms with E-state index in [0.29, 0.717) is 5.75 Å². The van der Waals surface area contributed by atoms with Crippen LogP contribution >= 0.6 is 0 Å². The molecule has 0 aliphatic heterocycles. The number of aromatic amines is 1. The summed E-state index contributed by atoms with van der Waals surface area (Å²) in [5, 5.41) is 13.1. The van der Waals surface area contributed by atoms with Crippen LogP contribution < -0.4 is 10.1 Å². The molecule has 1 aliphatic carbocycles. The molecule has 0 saturated heterocycles. The van der Waals surface area contributed by atoms with Gasteiger partial charge in [0.05, 0.1) is 12.6 Å². The van der Waals surface area contributed by atoms with E-state index < -0.39 is 18.1 Å². The van der Waals surface area contributed by atoms with Crippen LogP contribution in [-0.2, 0) is 16.0 Å². The molecule has 172 valence electrons. The van der Waals surface area contributed by atoms with Crippen molar-refractivity contribution < 1.29 is 24.2 Å². The molecule has 5 rings (SSSR count). The zero-order valence-corrected chi connectivity index (χ0v) is 18.6. The number of H-pyrrole nitrogens is 1. The molecule has 1 aromatic heterocycles. The number of methoxy groups -OCH3 is 1. The summed E-state index contributed by atoms with van der Waals surface area (Å²) in [7, 11) is 1.58. The largest absolute Gasteiger partial charge is 0.495 e. The van der Waals surface area contributed by atoms with Crippen molar-refractivity contribution in [1.82, 2.24) is 10.3 Å². The third kappa shape index (κ3) is 3.85. The van der Waals surface area contributed by atoms with Gasteiger partial charge in [-0.2, -0.15) is 0 Å². The summed E-state index contributed by atoms with van der Waals surface area (Å²) in [4.78, 5) is 27.6. The number of carboxylic acid groups (broad SMARTS) is 1. The molecule has 7 heteroatoms. The van der Waals surface area contributed by atoms with E-state index in [9.17, 15) is 14.7 Å². The van der Waals surface area contributed by atoms with Crippen molar-refractivity contribution in [3.8, 4) is 16.9 Å². The SMILES string of the molecule is COc1cccc2c(C[C@H](NC(=O)OCC3c4ccccc4-c4ccccc43)C(=O)O)c[nH]c12. The summed E-state index contributed by atoms with van der Waals surface area (Å²) in [6.45, 7) is 0.122. The number of nitrogens with one attached hydrogen (secondary N) is 2. The van der Waals surface area contributed by atoms with Crippen LogP contribution in [-0.4, -0.2) is 41.9 Å². The van der Waals surface area contributed by atoms with E-state index in [0.717, 1.165) is 38.7 Å². The zero-order chi connectivity index (χ0) is 23.7. The number of hydrogen-bond donors (Lipinski definition) is 3. The van der Waals surface area contributed by atoms with E-state index in [4.69, 9.17) is 9.47 Å². The fourth-order valence-corrected chi connectivity index (χ4v) is 4.73. The van der Waals surface area contributed by atoms with E-state index >= 15 is 0 Å². The van der Waals surface area contributed by atoms with Gasteiger partial charge in [0.25, 0.3) is 0 Å². The molecule has 0 unspecified atom stereocenters. The monoisotopic (exact) mass is 456 g/mol. The Labute approximate surface area is 196 Å². The van der Waals surface area contributed by atoms with Crippen molar-refractivity contribution in [3.63, 3.8) is 0 Å². The number of fused-ring (bicyclic) bond motifs is 4. The molecule has 0 radical (unpaired) electrons. The first kappa shape index (κ1) is 21.6. The number of hydrogen-bond acceptors (Lipinski definition) is 4. The van der Waals surface area contributed by atoms with Crippen LogP contribution in [0.5, 0.6) is 5.75 Å². The Morgan fingerprint density at radius 1 is 1.00 bits per heavy atom. The predicted octanol–water partition coefficient (Wildman–Crippen LogP) is 4.71. The molecular weight excluding hydrogens is 432 g/mol. The fraction of sp³-hybridized carbons (Fsp3) is 0.185. The molecule has 7 nitrogen and oxygen atoms in total. The van der Waals surface area contributed by atoms with Gasteiger partial charge in [0.2, 0.25) is 0 Å². The summed E-state index contributed by atoms with van der Waals surface area (Å²) in [5.41, 5.74) is 6.00. The minimum Gasteiger partial charge on any atom is -0.495 e. The molecule has 4 aromatic rings. The number of benzene rings is 3. The summed E-state index contributed by atoms with van der Waals surface area (Å²) >= 11 is 0. The lowest BCUT2D eigenvalue weighted by molar-refractivity contribution is -0.139. The number of carbonyl (C=O) groups excluding carboxylic acids is 1. The minimum atomic E-state index is -1.14. The van der Waals surface area contributed by atoms with Gasteiger partial charge in [-0.15, -0.1) is 0 Å². The standard InChI is InChI=1S/C27H24N2O5/c1-33-24-12-6-11-17-16(14-28-25(17)24)13-23(26(30)31)29-27(32)34-15-22-20-9-4-2-7-18(20)19-8-3-5-10-21(19)22/h2-12,14,22-23,28H,13,15H2,1H3,(H,29,32)(H,30,31)/t23-/m0/s1. The highest BCUT2D eigenvalue weighted by Crippen LogP contribution is 2.44. The number of carboxylic acids is 1. The van der Waals surface area contributed by atoms with Crippen LogP contribution in [0.25, 0.3) is 22.0 Å². The lowest BCUT2D eigenvalue weighted by atomic mass is 9.98. The van der Waals surface area contributed by atoms with Crippen LogP contribution in [0.3, 0.4) is 0 Å². The first-order chi connectivity index (χ1) is 16.6. The third-order valence-corrected chi connectivity index (χ3v) is 6.34. The maximum atomic E-state index is 12.6. The Morgan fingerprint density at radius 3 is 2.32 bits per heavy atom. The molecule has 0 fully saturated rings. The molecule has 1 amide bonds. The molecule has 0 bridgehead atoms. The van der Waals surface area contributed by atoms with Gasteiger partial charge in [-0.1, -0.05) is 60.7 Å². The second-order valence-electron chi connectivity index (χ2n) is 8.26. The average molecular weight is 456 g/mol. The number of alkyl carbamates (subject to hydrolysis) is 1. The highest BCUT2D eigenvalue weighted by Gasteiger charge is 2.30. The molecule has 1 atom stereocenters. The highest BCUT2D eigenvalue weighted by molar-refractivity contribution is 5.89. The Bertz CT molecular complexity index is 1330. The smallest absolute Gasteiger partial charge is 0.407 e. The van der Waals surface area contributed by atoms with Gasteiger partial charge in [0.1, 0.15) is 18.4 Å². The molecular formula is C27H24N2O5. The maximum Gasteiger partial charge on any atom is 0.407 e. The van der Waals surface area contributed by atoms with Crippen molar-refractivity contribution in [3.05, 3.63) is 89.6 Å². The number of amides is 1. The van der Waals surface area contributed by atoms with Gasteiger partial charge in [-0.25, -0.2) is 9.59 Å². The maximum absolute atomic E-state index is 12.6. The first-order valence-corrected chi connectivity index (χ1v) is 11.0. The van der Waals surface area contributed by atoms with Gasteiger partial charge in [0, 0.05) is 23.9 Å². The summed E-state index contributed by atoms with van der Waals surface area (Å²) < 4.78 is 10.9. The van der Waals surface area contributed by atoms with E-state index in [1.807, 2.05) is 54.6 Å². The first-order valence-electron chi connectivity index (χ1n) is 11.0. The van der Waals surface area contributed by atoms with Crippen LogP contribution in [0.2, 0.25) is 0 Å². The molecule has 0 saturated carbocycles. The normalized spacial score (nSPS) is 13.2. The number of aromatic nitrogens is 1. The molecule has 3 aromatic carbocycles. The molecule has 34 heavy (non-hydrogen) atoms. The number of carbonyl (C=O) groups is 2. The topological polar surface area (TPSA) is 101 Å². The van der Waals surface area contributed by atoms with Crippen molar-refractivity contribution in [2.75, 3.05) is 13.7 Å². The number of para-hydroxylation sites is 1. The fourth-order valence-electron chi connectivity index (χ4n) is 4.73. The van der Waals surface area contributed by atoms with Crippen LogP contribution in [0.4, 0.5) is 4.79 Å². The summed E-state index contributed by atoms with van der Waals surface area (Å²) in [6, 6.07) is 20.5. The number of rotatable bonds is 7. The summed E-state index contributed by atoms with van der Waals surface area (Å²) in [5.74, 6) is -0.562. The molecule has 1 heterocycles. The molecule has 1 aliphatic rings. The van der Waals surface area contributed by atoms with Crippen molar-refractivity contribution in [1.29, 1.82) is 0 Å². The second kappa shape index (κ2) is 8.94. The van der Waals surface area contributed by atoms with Crippen molar-refractivity contribution >= 4 is 23.0 Å². The molecule has 0 spiro atoms. The Balaban J connectivity index is 1.29. The number of ether oxygens (including phenoxy) is 2. The van der Waals surface area contributed by atoms with Gasteiger partial charge in [0.15, 0.2) is 0 Å². The van der Waals surface area contributed by atoms with Gasteiger partial charge in [-0.3, -0.25) is 0 Å². The van der Waals surface area contributed by atoms with E-state index in [1.165, 1.54) is 0 Å². The van der Waals surface area contributed by atoms with E-state index in [1.54, 1.807) is 13.3 Å². The highest BCUT2D eigenvalue weighted by atomic mass is 16.5. The zero-order valence-electron chi connectivity index (χ0n) is 18.6. The Kier molecular flexibility index (Phi) is 5.67. The van der Waals surface area contributed by atoms with E-state index in [2.05, 4.69) is 22.4 Å². The van der Waals surface area contributed by atoms with E-state index in [-0.39, 0.29) is 18.9 Å². The lowest BCUT2D eigenvalue weighted by Gasteiger charge is -2.17. The quantitative estimate of drug-likeness (QED) is 0.374. The summed E-state index contributed by atoms with van der Waals surface area (Å²) in [6.07, 6.45) is 1.08. The van der Waals surface area contributed by atoms with Gasteiger partial charge >= 0.3 is 12.1 Å². The van der Waals surface area contributed by atoms with Gasteiger partial charge in [-0.05, 0) is 33.9 Å². The van der Waals surface area contributed by atoms with Gasteiger partial charge < -0.3 is 24.9 Å². The second-order valence-corrected chi connectivity index (χ2v) is 8.26. The van der Waals surface area contributed by atoms with Crippen LogP contribution in [0.15, 0.2) is 72.9 Å². The average Bonchev–Trinajstić information content (AvgIpc) is 3.41. The number of aliphatic carboxylic acids is 1. The molecule has 3 N–H and O–H groups in total. The minimum absolute atomic E-state index is 0.0949. The van der Waals surface area contributed by atoms with Crippen LogP contribution in [0, 0.1) is 0 Å². The lowest BCUT2D eigenvalue weighted by Crippen LogP contribution is -2.42. The Hall–Kier alpha value is -4.26. The van der Waals surface area contributed by atoms with Crippen LogP contribution in [0.1, 0.15) is 22.6 Å². The third-order valence-electron chi connectivity index (χ3n) is 6.34. The Morgan fingerprint density at radius 2 is 1.68 bits per heavy atom.